The minimum absolute atomic E-state index is 0.467. The Labute approximate surface area is 117 Å². The summed E-state index contributed by atoms with van der Waals surface area (Å²) in [4.78, 5) is 0. The first-order valence-electron chi connectivity index (χ1n) is 7.65. The van der Waals surface area contributed by atoms with E-state index in [1.54, 1.807) is 6.92 Å². The maximum atomic E-state index is 9.65. The van der Waals surface area contributed by atoms with Crippen LogP contribution < -0.4 is 4.74 Å². The third-order valence-electron chi connectivity index (χ3n) is 3.37. The van der Waals surface area contributed by atoms with Crippen molar-refractivity contribution in [3.8, 4) is 5.75 Å². The predicted octanol–water partition coefficient (Wildman–Crippen LogP) is 4.87. The minimum Gasteiger partial charge on any atom is -0.493 e. The van der Waals surface area contributed by atoms with Gasteiger partial charge >= 0.3 is 0 Å². The van der Waals surface area contributed by atoms with Gasteiger partial charge in [0.1, 0.15) is 5.75 Å². The fourth-order valence-corrected chi connectivity index (χ4v) is 2.20. The lowest BCUT2D eigenvalue weighted by Crippen LogP contribution is -2.02. The number of benzene rings is 1. The lowest BCUT2D eigenvalue weighted by Gasteiger charge is -2.13. The average molecular weight is 264 g/mol. The highest BCUT2D eigenvalue weighted by Crippen LogP contribution is 2.24. The lowest BCUT2D eigenvalue weighted by atomic mass is 10.1. The summed E-state index contributed by atoms with van der Waals surface area (Å²) in [6.45, 7) is 4.76. The van der Waals surface area contributed by atoms with Gasteiger partial charge in [0.2, 0.25) is 0 Å². The fourth-order valence-electron chi connectivity index (χ4n) is 2.20. The van der Waals surface area contributed by atoms with E-state index >= 15 is 0 Å². The second-order valence-corrected chi connectivity index (χ2v) is 5.18. The molecule has 1 aromatic rings. The fraction of sp³-hybridized carbons (Fsp3) is 0.647. The van der Waals surface area contributed by atoms with E-state index in [9.17, 15) is 5.11 Å². The largest absolute Gasteiger partial charge is 0.493 e. The maximum Gasteiger partial charge on any atom is 0.125 e. The van der Waals surface area contributed by atoms with E-state index in [0.717, 1.165) is 24.3 Å². The molecule has 0 saturated heterocycles. The van der Waals surface area contributed by atoms with E-state index in [4.69, 9.17) is 4.74 Å². The highest BCUT2D eigenvalue weighted by Gasteiger charge is 2.07. The van der Waals surface area contributed by atoms with Gasteiger partial charge in [-0.2, -0.15) is 0 Å². The Bertz CT molecular complexity index is 334. The predicted molar refractivity (Wildman–Crippen MR) is 80.6 cm³/mol. The zero-order chi connectivity index (χ0) is 13.9. The third-order valence-corrected chi connectivity index (χ3v) is 3.37. The van der Waals surface area contributed by atoms with E-state index in [0.29, 0.717) is 0 Å². The molecule has 0 unspecified atom stereocenters. The van der Waals surface area contributed by atoms with Gasteiger partial charge in [-0.25, -0.2) is 0 Å². The Balaban J connectivity index is 2.16. The van der Waals surface area contributed by atoms with Crippen molar-refractivity contribution in [2.45, 2.75) is 64.9 Å². The molecule has 0 saturated carbocycles. The standard InChI is InChI=1S/C17H28O2/c1-3-4-5-6-7-8-11-14-19-17-13-10-9-12-16(17)15(2)18/h9-10,12-13,15,18H,3-8,11,14H2,1-2H3/t15-/m1/s1. The quantitative estimate of drug-likeness (QED) is 0.611. The number of rotatable bonds is 10. The van der Waals surface area contributed by atoms with Crippen LogP contribution in [0.15, 0.2) is 24.3 Å². The van der Waals surface area contributed by atoms with Crippen molar-refractivity contribution in [2.75, 3.05) is 6.61 Å². The molecular weight excluding hydrogens is 236 g/mol. The summed E-state index contributed by atoms with van der Waals surface area (Å²) < 4.78 is 5.77. The van der Waals surface area contributed by atoms with Gasteiger partial charge in [-0.05, 0) is 19.4 Å². The summed E-state index contributed by atoms with van der Waals surface area (Å²) in [5.74, 6) is 0.823. The number of ether oxygens (including phenoxy) is 1. The SMILES string of the molecule is CCCCCCCCCOc1ccccc1[C@@H](C)O. The van der Waals surface area contributed by atoms with Crippen molar-refractivity contribution < 1.29 is 9.84 Å². The third kappa shape index (κ3) is 6.63. The van der Waals surface area contributed by atoms with Gasteiger partial charge in [-0.15, -0.1) is 0 Å². The summed E-state index contributed by atoms with van der Waals surface area (Å²) in [5.41, 5.74) is 0.880. The van der Waals surface area contributed by atoms with Gasteiger partial charge in [0.15, 0.2) is 0 Å². The zero-order valence-corrected chi connectivity index (χ0v) is 12.4. The number of hydrogen-bond acceptors (Lipinski definition) is 2. The maximum absolute atomic E-state index is 9.65. The molecule has 0 aliphatic rings. The smallest absolute Gasteiger partial charge is 0.125 e. The van der Waals surface area contributed by atoms with Gasteiger partial charge in [-0.3, -0.25) is 0 Å². The molecule has 0 bridgehead atoms. The van der Waals surface area contributed by atoms with Crippen molar-refractivity contribution >= 4 is 0 Å². The molecule has 0 aliphatic heterocycles. The van der Waals surface area contributed by atoms with Gasteiger partial charge in [0.05, 0.1) is 12.7 Å². The minimum atomic E-state index is -0.467. The van der Waals surface area contributed by atoms with Crippen LogP contribution in [0.1, 0.15) is 70.5 Å². The van der Waals surface area contributed by atoms with Crippen LogP contribution in [0, 0.1) is 0 Å². The van der Waals surface area contributed by atoms with Gasteiger partial charge in [-0.1, -0.05) is 63.6 Å². The topological polar surface area (TPSA) is 29.5 Å². The Hall–Kier alpha value is -1.02. The second-order valence-electron chi connectivity index (χ2n) is 5.18. The van der Waals surface area contributed by atoms with Crippen LogP contribution in [0.4, 0.5) is 0 Å². The van der Waals surface area contributed by atoms with Crippen LogP contribution >= 0.6 is 0 Å². The van der Waals surface area contributed by atoms with E-state index in [1.165, 1.54) is 38.5 Å². The highest BCUT2D eigenvalue weighted by atomic mass is 16.5. The van der Waals surface area contributed by atoms with Crippen molar-refractivity contribution in [3.05, 3.63) is 29.8 Å². The Morgan fingerprint density at radius 1 is 1.00 bits per heavy atom. The summed E-state index contributed by atoms with van der Waals surface area (Å²) in [7, 11) is 0. The molecule has 1 rings (SSSR count). The first-order chi connectivity index (χ1) is 9.25. The average Bonchev–Trinajstić information content (AvgIpc) is 2.42. The molecule has 0 aromatic heterocycles. The summed E-state index contributed by atoms with van der Waals surface area (Å²) in [6.07, 6.45) is 8.55. The Morgan fingerprint density at radius 3 is 2.32 bits per heavy atom. The van der Waals surface area contributed by atoms with E-state index in [1.807, 2.05) is 24.3 Å². The normalized spacial score (nSPS) is 12.4. The molecule has 1 N–H and O–H groups in total. The molecule has 1 aromatic carbocycles. The van der Waals surface area contributed by atoms with Crippen molar-refractivity contribution in [2.24, 2.45) is 0 Å². The van der Waals surface area contributed by atoms with Crippen molar-refractivity contribution in [1.29, 1.82) is 0 Å². The number of aliphatic hydroxyl groups is 1. The van der Waals surface area contributed by atoms with E-state index in [2.05, 4.69) is 6.92 Å². The van der Waals surface area contributed by atoms with Gasteiger partial charge in [0, 0.05) is 5.56 Å². The molecule has 0 fully saturated rings. The summed E-state index contributed by atoms with van der Waals surface area (Å²) in [6, 6.07) is 7.74. The lowest BCUT2D eigenvalue weighted by molar-refractivity contribution is 0.190. The van der Waals surface area contributed by atoms with E-state index < -0.39 is 6.10 Å². The first kappa shape index (κ1) is 16.0. The highest BCUT2D eigenvalue weighted by molar-refractivity contribution is 5.34. The zero-order valence-electron chi connectivity index (χ0n) is 12.4. The molecule has 0 amide bonds. The van der Waals surface area contributed by atoms with E-state index in [-0.39, 0.29) is 0 Å². The number of hydrogen-bond donors (Lipinski definition) is 1. The van der Waals surface area contributed by atoms with Crippen LogP contribution in [0.25, 0.3) is 0 Å². The number of aliphatic hydroxyl groups excluding tert-OH is 1. The second kappa shape index (κ2) is 9.85. The molecule has 108 valence electrons. The van der Waals surface area contributed by atoms with Crippen LogP contribution in [0.2, 0.25) is 0 Å². The van der Waals surface area contributed by atoms with Crippen molar-refractivity contribution in [1.82, 2.24) is 0 Å². The molecule has 2 heteroatoms. The van der Waals surface area contributed by atoms with Gasteiger partial charge in [0.25, 0.3) is 0 Å². The van der Waals surface area contributed by atoms with Crippen LogP contribution in [0.5, 0.6) is 5.75 Å². The van der Waals surface area contributed by atoms with Crippen molar-refractivity contribution in [3.63, 3.8) is 0 Å². The van der Waals surface area contributed by atoms with Crippen LogP contribution in [-0.4, -0.2) is 11.7 Å². The number of para-hydroxylation sites is 1. The Morgan fingerprint density at radius 2 is 1.63 bits per heavy atom. The molecule has 0 heterocycles. The summed E-state index contributed by atoms with van der Waals surface area (Å²) in [5, 5.41) is 9.65. The van der Waals surface area contributed by atoms with Crippen LogP contribution in [0.3, 0.4) is 0 Å². The molecule has 0 radical (unpaired) electrons. The molecular formula is C17H28O2. The molecule has 0 spiro atoms. The number of unbranched alkanes of at least 4 members (excludes halogenated alkanes) is 6. The Kier molecular flexibility index (Phi) is 8.31. The molecule has 2 nitrogen and oxygen atoms in total. The first-order valence-corrected chi connectivity index (χ1v) is 7.65. The molecule has 0 aliphatic carbocycles. The molecule has 19 heavy (non-hydrogen) atoms. The monoisotopic (exact) mass is 264 g/mol. The summed E-state index contributed by atoms with van der Waals surface area (Å²) >= 11 is 0. The van der Waals surface area contributed by atoms with Crippen LogP contribution in [-0.2, 0) is 0 Å². The molecule has 1 atom stereocenters. The van der Waals surface area contributed by atoms with Gasteiger partial charge < -0.3 is 9.84 Å².